The number of nitrogens with one attached hydrogen (secondary N) is 1. The third-order valence-corrected chi connectivity index (χ3v) is 2.99. The van der Waals surface area contributed by atoms with Gasteiger partial charge in [-0.25, -0.2) is 9.86 Å². The van der Waals surface area contributed by atoms with Crippen LogP contribution in [0.3, 0.4) is 0 Å². The molecule has 0 heterocycles. The van der Waals surface area contributed by atoms with E-state index in [4.69, 9.17) is 33.4 Å². The van der Waals surface area contributed by atoms with E-state index >= 15 is 0 Å². The van der Waals surface area contributed by atoms with Gasteiger partial charge in [-0.05, 0) is 49.8 Å². The fourth-order valence-corrected chi connectivity index (χ4v) is 1.76. The molecule has 7 heteroatoms. The zero-order valence-corrected chi connectivity index (χ0v) is 13.2. The predicted octanol–water partition coefficient (Wildman–Crippen LogP) is 2.77. The molecule has 0 fully saturated rings. The molecule has 0 aliphatic rings. The highest BCUT2D eigenvalue weighted by atomic mass is 35.5. The Morgan fingerprint density at radius 2 is 2.20 bits per heavy atom. The number of carbonyl (C=O) groups excluding carboxylic acids is 1. The van der Waals surface area contributed by atoms with Crippen molar-refractivity contribution in [2.24, 2.45) is 0 Å². The van der Waals surface area contributed by atoms with Crippen molar-refractivity contribution < 1.29 is 14.4 Å². The molecule has 1 aromatic carbocycles. The summed E-state index contributed by atoms with van der Waals surface area (Å²) in [7, 11) is 1.61. The van der Waals surface area contributed by atoms with Gasteiger partial charge in [0.15, 0.2) is 11.7 Å². The second-order valence-corrected chi connectivity index (χ2v) is 4.79. The molecule has 0 bridgehead atoms. The molecule has 20 heavy (non-hydrogen) atoms. The number of benzene rings is 1. The minimum atomic E-state index is -0.440. The number of halogens is 1. The molecule has 110 valence electrons. The quantitative estimate of drug-likeness (QED) is 0.512. The van der Waals surface area contributed by atoms with Gasteiger partial charge in [0, 0.05) is 17.8 Å². The van der Waals surface area contributed by atoms with Gasteiger partial charge in [-0.3, -0.25) is 4.84 Å². The van der Waals surface area contributed by atoms with Crippen molar-refractivity contribution in [1.82, 2.24) is 5.06 Å². The van der Waals surface area contributed by atoms with E-state index < -0.39 is 5.97 Å². The van der Waals surface area contributed by atoms with Gasteiger partial charge in [-0.1, -0.05) is 11.6 Å². The predicted molar refractivity (Wildman–Crippen MR) is 82.8 cm³/mol. The summed E-state index contributed by atoms with van der Waals surface area (Å²) < 4.78 is 4.75. The van der Waals surface area contributed by atoms with Crippen LogP contribution in [0.25, 0.3) is 0 Å². The lowest BCUT2D eigenvalue weighted by Crippen LogP contribution is -2.33. The molecule has 1 aromatic rings. The molecular weight excluding hydrogens is 300 g/mol. The SMILES string of the molecule is CCOC(=O)CON(C)C(=S)Nc1ccc(Cl)cc1C. The summed E-state index contributed by atoms with van der Waals surface area (Å²) in [6.07, 6.45) is 0. The van der Waals surface area contributed by atoms with Crippen LogP contribution in [-0.2, 0) is 14.4 Å². The number of nitrogens with zero attached hydrogens (tertiary/aromatic N) is 1. The molecule has 0 saturated carbocycles. The summed E-state index contributed by atoms with van der Waals surface area (Å²) in [6, 6.07) is 5.41. The van der Waals surface area contributed by atoms with Gasteiger partial charge in [0.25, 0.3) is 0 Å². The van der Waals surface area contributed by atoms with E-state index in [1.54, 1.807) is 20.0 Å². The molecule has 0 unspecified atom stereocenters. The number of hydrogen-bond donors (Lipinski definition) is 1. The molecule has 1 N–H and O–H groups in total. The maximum atomic E-state index is 11.2. The number of anilines is 1. The van der Waals surface area contributed by atoms with Crippen LogP contribution in [0.5, 0.6) is 0 Å². The number of ether oxygens (including phenoxy) is 1. The molecule has 5 nitrogen and oxygen atoms in total. The average molecular weight is 317 g/mol. The highest BCUT2D eigenvalue weighted by Gasteiger charge is 2.10. The summed E-state index contributed by atoms with van der Waals surface area (Å²) in [4.78, 5) is 16.4. The molecule has 0 radical (unpaired) electrons. The first-order chi connectivity index (χ1) is 9.43. The van der Waals surface area contributed by atoms with Crippen LogP contribution in [0, 0.1) is 6.92 Å². The van der Waals surface area contributed by atoms with Crippen molar-refractivity contribution in [2.45, 2.75) is 13.8 Å². The van der Waals surface area contributed by atoms with Crippen molar-refractivity contribution >= 4 is 40.6 Å². The maximum Gasteiger partial charge on any atom is 0.334 e. The van der Waals surface area contributed by atoms with E-state index in [2.05, 4.69) is 5.32 Å². The fourth-order valence-electron chi connectivity index (χ4n) is 1.37. The molecule has 0 saturated heterocycles. The maximum absolute atomic E-state index is 11.2. The van der Waals surface area contributed by atoms with E-state index in [-0.39, 0.29) is 6.61 Å². The standard InChI is InChI=1S/C13H17ClN2O3S/c1-4-18-12(17)8-19-16(3)13(20)15-11-6-5-10(14)7-9(11)2/h5-7H,4,8H2,1-3H3,(H,15,20). The number of thiocarbonyl (C=S) groups is 1. The highest BCUT2D eigenvalue weighted by molar-refractivity contribution is 7.80. The van der Waals surface area contributed by atoms with E-state index in [9.17, 15) is 4.79 Å². The summed E-state index contributed by atoms with van der Waals surface area (Å²) in [6.45, 7) is 3.78. The monoisotopic (exact) mass is 316 g/mol. The number of hydrogen-bond acceptors (Lipinski definition) is 4. The van der Waals surface area contributed by atoms with Gasteiger partial charge >= 0.3 is 5.97 Å². The minimum Gasteiger partial charge on any atom is -0.464 e. The number of aryl methyl sites for hydroxylation is 1. The van der Waals surface area contributed by atoms with Crippen LogP contribution in [0.4, 0.5) is 5.69 Å². The Bertz CT molecular complexity index is 497. The Morgan fingerprint density at radius 1 is 1.50 bits per heavy atom. The van der Waals surface area contributed by atoms with Crippen molar-refractivity contribution in [3.8, 4) is 0 Å². The Balaban J connectivity index is 2.51. The van der Waals surface area contributed by atoms with Gasteiger partial charge in [-0.2, -0.15) is 0 Å². The van der Waals surface area contributed by atoms with E-state index in [0.29, 0.717) is 16.7 Å². The van der Waals surface area contributed by atoms with Gasteiger partial charge in [0.05, 0.1) is 6.61 Å². The Kier molecular flexibility index (Phi) is 6.70. The van der Waals surface area contributed by atoms with Crippen molar-refractivity contribution in [3.05, 3.63) is 28.8 Å². The first kappa shape index (κ1) is 16.7. The molecular formula is C13H17ClN2O3S. The zero-order chi connectivity index (χ0) is 15.1. The van der Waals surface area contributed by atoms with Gasteiger partial charge in [0.1, 0.15) is 0 Å². The highest BCUT2D eigenvalue weighted by Crippen LogP contribution is 2.19. The van der Waals surface area contributed by atoms with Gasteiger partial charge in [0.2, 0.25) is 0 Å². The lowest BCUT2D eigenvalue weighted by molar-refractivity contribution is -0.161. The molecule has 0 aliphatic carbocycles. The van der Waals surface area contributed by atoms with E-state index in [1.807, 2.05) is 19.1 Å². The summed E-state index contributed by atoms with van der Waals surface area (Å²) in [5, 5.41) is 5.31. The molecule has 0 spiro atoms. The second-order valence-electron chi connectivity index (χ2n) is 3.97. The average Bonchev–Trinajstić information content (AvgIpc) is 2.39. The van der Waals surface area contributed by atoms with Crippen LogP contribution in [-0.4, -0.2) is 36.4 Å². The first-order valence-electron chi connectivity index (χ1n) is 6.03. The molecule has 0 aromatic heterocycles. The van der Waals surface area contributed by atoms with Crippen LogP contribution < -0.4 is 5.32 Å². The lowest BCUT2D eigenvalue weighted by atomic mass is 10.2. The third kappa shape index (κ3) is 5.32. The van der Waals surface area contributed by atoms with E-state index in [1.165, 1.54) is 5.06 Å². The Hall–Kier alpha value is -1.37. The Morgan fingerprint density at radius 3 is 2.80 bits per heavy atom. The lowest BCUT2D eigenvalue weighted by Gasteiger charge is -2.20. The minimum absolute atomic E-state index is 0.189. The number of hydroxylamine groups is 2. The zero-order valence-electron chi connectivity index (χ0n) is 11.6. The summed E-state index contributed by atoms with van der Waals surface area (Å²) in [5.41, 5.74) is 1.78. The van der Waals surface area contributed by atoms with Gasteiger partial charge < -0.3 is 10.1 Å². The molecule has 1 rings (SSSR count). The summed E-state index contributed by atoms with van der Waals surface area (Å²) in [5.74, 6) is -0.440. The Labute approximate surface area is 128 Å². The normalized spacial score (nSPS) is 10.0. The van der Waals surface area contributed by atoms with Crippen LogP contribution in [0.1, 0.15) is 12.5 Å². The topological polar surface area (TPSA) is 50.8 Å². The van der Waals surface area contributed by atoms with Crippen molar-refractivity contribution in [2.75, 3.05) is 25.6 Å². The van der Waals surface area contributed by atoms with Gasteiger partial charge in [-0.15, -0.1) is 0 Å². The summed E-state index contributed by atoms with van der Waals surface area (Å²) >= 11 is 11.1. The van der Waals surface area contributed by atoms with Crippen LogP contribution in [0.2, 0.25) is 5.02 Å². The third-order valence-electron chi connectivity index (χ3n) is 2.40. The van der Waals surface area contributed by atoms with Crippen LogP contribution in [0.15, 0.2) is 18.2 Å². The van der Waals surface area contributed by atoms with Crippen LogP contribution >= 0.6 is 23.8 Å². The molecule has 0 aliphatic heterocycles. The van der Waals surface area contributed by atoms with Crippen molar-refractivity contribution in [1.29, 1.82) is 0 Å². The fraction of sp³-hybridized carbons (Fsp3) is 0.385. The van der Waals surface area contributed by atoms with Crippen molar-refractivity contribution in [3.63, 3.8) is 0 Å². The number of rotatable bonds is 5. The van der Waals surface area contributed by atoms with E-state index in [0.717, 1.165) is 11.3 Å². The largest absolute Gasteiger partial charge is 0.464 e. The smallest absolute Gasteiger partial charge is 0.334 e. The number of carbonyl (C=O) groups is 1. The second kappa shape index (κ2) is 8.04. The first-order valence-corrected chi connectivity index (χ1v) is 6.82. The molecule has 0 atom stereocenters. The molecule has 0 amide bonds. The number of esters is 1.